The van der Waals surface area contributed by atoms with Gasteiger partial charge in [0, 0.05) is 23.0 Å². The maximum atomic E-state index is 12.7. The number of ether oxygens (including phenoxy) is 1. The highest BCUT2D eigenvalue weighted by molar-refractivity contribution is 6.30. The number of imide groups is 1. The Kier molecular flexibility index (Phi) is 4.50. The third-order valence-corrected chi connectivity index (χ3v) is 4.84. The van der Waals surface area contributed by atoms with E-state index >= 15 is 0 Å². The van der Waals surface area contributed by atoms with Gasteiger partial charge in [-0.1, -0.05) is 24.4 Å². The molecule has 3 rings (SSSR count). The Morgan fingerprint density at radius 3 is 2.64 bits per heavy atom. The van der Waals surface area contributed by atoms with E-state index in [1.165, 1.54) is 4.90 Å². The van der Waals surface area contributed by atoms with E-state index in [4.69, 9.17) is 16.3 Å². The van der Waals surface area contributed by atoms with E-state index in [-0.39, 0.29) is 23.8 Å². The van der Waals surface area contributed by atoms with Gasteiger partial charge in [0.1, 0.15) is 6.10 Å². The first-order chi connectivity index (χ1) is 10.6. The molecule has 0 spiro atoms. The van der Waals surface area contributed by atoms with E-state index in [9.17, 15) is 9.59 Å². The third-order valence-electron chi connectivity index (χ3n) is 4.59. The van der Waals surface area contributed by atoms with Gasteiger partial charge in [-0.3, -0.25) is 14.5 Å². The molecule has 1 heterocycles. The van der Waals surface area contributed by atoms with E-state index in [2.05, 4.69) is 0 Å². The minimum Gasteiger partial charge on any atom is -0.365 e. The summed E-state index contributed by atoms with van der Waals surface area (Å²) >= 11 is 5.86. The van der Waals surface area contributed by atoms with Crippen LogP contribution >= 0.6 is 11.6 Å². The van der Waals surface area contributed by atoms with Crippen LogP contribution in [0, 0.1) is 5.92 Å². The zero-order valence-corrected chi connectivity index (χ0v) is 13.4. The van der Waals surface area contributed by atoms with Crippen molar-refractivity contribution in [2.75, 3.05) is 6.54 Å². The third kappa shape index (κ3) is 3.03. The number of benzene rings is 1. The molecule has 2 amide bonds. The molecular formula is C17H20ClNO3. The van der Waals surface area contributed by atoms with Crippen LogP contribution in [0.1, 0.15) is 43.0 Å². The summed E-state index contributed by atoms with van der Waals surface area (Å²) in [6.45, 7) is 2.19. The average molecular weight is 322 g/mol. The van der Waals surface area contributed by atoms with Crippen LogP contribution in [0.15, 0.2) is 24.3 Å². The Labute approximate surface area is 135 Å². The Balaban J connectivity index is 1.85. The molecule has 0 radical (unpaired) electrons. The number of halogens is 1. The van der Waals surface area contributed by atoms with Gasteiger partial charge in [0.2, 0.25) is 0 Å². The first-order valence-electron chi connectivity index (χ1n) is 7.83. The summed E-state index contributed by atoms with van der Waals surface area (Å²) in [6.07, 6.45) is 3.78. The molecule has 1 aromatic carbocycles. The first-order valence-corrected chi connectivity index (χ1v) is 8.21. The van der Waals surface area contributed by atoms with E-state index in [0.29, 0.717) is 17.1 Å². The lowest BCUT2D eigenvalue weighted by Crippen LogP contribution is -2.43. The number of hydrogen-bond donors (Lipinski definition) is 0. The van der Waals surface area contributed by atoms with Crippen molar-refractivity contribution in [1.82, 2.24) is 4.90 Å². The predicted octanol–water partition coefficient (Wildman–Crippen LogP) is 3.29. The number of fused-ring (bicyclic) bond motifs is 1. The van der Waals surface area contributed by atoms with Gasteiger partial charge < -0.3 is 4.74 Å². The average Bonchev–Trinajstić information content (AvgIpc) is 2.65. The number of carbonyl (C=O) groups is 2. The molecule has 2 fully saturated rings. The van der Waals surface area contributed by atoms with Crippen LogP contribution in [-0.4, -0.2) is 35.5 Å². The van der Waals surface area contributed by atoms with Gasteiger partial charge in [-0.25, -0.2) is 0 Å². The zero-order valence-electron chi connectivity index (χ0n) is 12.6. The summed E-state index contributed by atoms with van der Waals surface area (Å²) in [6, 6.07) is 6.65. The molecule has 4 nitrogen and oxygen atoms in total. The minimum atomic E-state index is -0.565. The molecule has 1 unspecified atom stereocenters. The largest absolute Gasteiger partial charge is 0.365 e. The molecule has 0 aromatic heterocycles. The Morgan fingerprint density at radius 1 is 1.23 bits per heavy atom. The maximum absolute atomic E-state index is 12.7. The summed E-state index contributed by atoms with van der Waals surface area (Å²) in [5.41, 5.74) is 0.485. The van der Waals surface area contributed by atoms with Gasteiger partial charge in [0.05, 0.1) is 6.10 Å². The maximum Gasteiger partial charge on any atom is 0.260 e. The van der Waals surface area contributed by atoms with E-state index < -0.39 is 6.10 Å². The van der Waals surface area contributed by atoms with Gasteiger partial charge in [0.15, 0.2) is 0 Å². The number of rotatable bonds is 1. The quantitative estimate of drug-likeness (QED) is 0.746. The number of carbonyl (C=O) groups excluding carboxylic acids is 2. The van der Waals surface area contributed by atoms with Crippen molar-refractivity contribution in [1.29, 1.82) is 0 Å². The van der Waals surface area contributed by atoms with E-state index in [1.807, 2.05) is 0 Å². The SMILES string of the molecule is CC1O[C@H]2CCCC[C@@H]2CN(C(=O)c2ccc(Cl)cc2)C1=O. The van der Waals surface area contributed by atoms with E-state index in [1.54, 1.807) is 31.2 Å². The van der Waals surface area contributed by atoms with Crippen LogP contribution < -0.4 is 0 Å². The van der Waals surface area contributed by atoms with Crippen molar-refractivity contribution in [3.63, 3.8) is 0 Å². The van der Waals surface area contributed by atoms with Crippen molar-refractivity contribution < 1.29 is 14.3 Å². The fourth-order valence-electron chi connectivity index (χ4n) is 3.36. The Bertz CT molecular complexity index is 572. The van der Waals surface area contributed by atoms with Crippen molar-refractivity contribution in [2.45, 2.75) is 44.8 Å². The van der Waals surface area contributed by atoms with Crippen molar-refractivity contribution in [3.8, 4) is 0 Å². The fourth-order valence-corrected chi connectivity index (χ4v) is 3.48. The number of nitrogens with zero attached hydrogens (tertiary/aromatic N) is 1. The van der Waals surface area contributed by atoms with Crippen LogP contribution in [-0.2, 0) is 9.53 Å². The van der Waals surface area contributed by atoms with Crippen LogP contribution in [0.4, 0.5) is 0 Å². The van der Waals surface area contributed by atoms with Gasteiger partial charge in [-0.05, 0) is 44.0 Å². The second-order valence-electron chi connectivity index (χ2n) is 6.12. The second-order valence-corrected chi connectivity index (χ2v) is 6.56. The first kappa shape index (κ1) is 15.5. The molecule has 5 heteroatoms. The molecule has 22 heavy (non-hydrogen) atoms. The second kappa shape index (κ2) is 6.39. The molecule has 1 aliphatic carbocycles. The van der Waals surface area contributed by atoms with Gasteiger partial charge in [0.25, 0.3) is 11.8 Å². The molecule has 118 valence electrons. The van der Waals surface area contributed by atoms with Crippen LogP contribution in [0.25, 0.3) is 0 Å². The summed E-state index contributed by atoms with van der Waals surface area (Å²) in [7, 11) is 0. The van der Waals surface area contributed by atoms with Gasteiger partial charge in [-0.15, -0.1) is 0 Å². The molecule has 0 N–H and O–H groups in total. The number of amides is 2. The molecule has 2 aliphatic rings. The Morgan fingerprint density at radius 2 is 1.91 bits per heavy atom. The van der Waals surface area contributed by atoms with Crippen molar-refractivity contribution >= 4 is 23.4 Å². The molecule has 1 saturated carbocycles. The lowest BCUT2D eigenvalue weighted by Gasteiger charge is -2.30. The summed E-state index contributed by atoms with van der Waals surface area (Å²) < 4.78 is 5.90. The highest BCUT2D eigenvalue weighted by Crippen LogP contribution is 2.31. The predicted molar refractivity (Wildman–Crippen MR) is 83.8 cm³/mol. The van der Waals surface area contributed by atoms with Gasteiger partial charge in [-0.2, -0.15) is 0 Å². The summed E-state index contributed by atoms with van der Waals surface area (Å²) in [5, 5.41) is 0.572. The number of hydrogen-bond acceptors (Lipinski definition) is 3. The lowest BCUT2D eigenvalue weighted by atomic mass is 9.86. The smallest absolute Gasteiger partial charge is 0.260 e. The minimum absolute atomic E-state index is 0.0933. The van der Waals surface area contributed by atoms with Crippen LogP contribution in [0.2, 0.25) is 5.02 Å². The molecular weight excluding hydrogens is 302 g/mol. The molecule has 1 aromatic rings. The standard InChI is InChI=1S/C17H20ClNO3/c1-11-16(20)19(10-13-4-2-3-5-15(13)22-11)17(21)12-6-8-14(18)9-7-12/h6-9,11,13,15H,2-5,10H2,1H3/t11?,13-,15+/m1/s1. The molecule has 1 aliphatic heterocycles. The molecule has 1 saturated heterocycles. The van der Waals surface area contributed by atoms with Gasteiger partial charge >= 0.3 is 0 Å². The monoisotopic (exact) mass is 321 g/mol. The Hall–Kier alpha value is -1.39. The van der Waals surface area contributed by atoms with Crippen LogP contribution in [0.3, 0.4) is 0 Å². The topological polar surface area (TPSA) is 46.6 Å². The highest BCUT2D eigenvalue weighted by Gasteiger charge is 2.39. The molecule has 0 bridgehead atoms. The zero-order chi connectivity index (χ0) is 15.7. The van der Waals surface area contributed by atoms with E-state index in [0.717, 1.165) is 25.7 Å². The van der Waals surface area contributed by atoms with Crippen LogP contribution in [0.5, 0.6) is 0 Å². The molecule has 3 atom stereocenters. The summed E-state index contributed by atoms with van der Waals surface area (Å²) in [5.74, 6) is -0.253. The highest BCUT2D eigenvalue weighted by atomic mass is 35.5. The summed E-state index contributed by atoms with van der Waals surface area (Å²) in [4.78, 5) is 26.6. The van der Waals surface area contributed by atoms with Crippen molar-refractivity contribution in [3.05, 3.63) is 34.9 Å². The fraction of sp³-hybridized carbons (Fsp3) is 0.529. The van der Waals surface area contributed by atoms with Crippen molar-refractivity contribution in [2.24, 2.45) is 5.92 Å². The lowest BCUT2D eigenvalue weighted by molar-refractivity contribution is -0.140. The normalized spacial score (nSPS) is 28.9.